The Balaban J connectivity index is 2.30. The van der Waals surface area contributed by atoms with Gasteiger partial charge in [0, 0.05) is 6.04 Å². The Hall–Kier alpha value is -1.33. The van der Waals surface area contributed by atoms with Crippen LogP contribution < -0.4 is 5.32 Å². The van der Waals surface area contributed by atoms with E-state index < -0.39 is 11.6 Å². The monoisotopic (exact) mass is 357 g/mol. The van der Waals surface area contributed by atoms with Crippen LogP contribution in [0, 0.1) is 17.5 Å². The molecular weight excluding hydrogens is 343 g/mol. The Labute approximate surface area is 130 Å². The van der Waals surface area contributed by atoms with Gasteiger partial charge in [0.1, 0.15) is 5.82 Å². The highest BCUT2D eigenvalue weighted by Crippen LogP contribution is 2.29. The third-order valence-electron chi connectivity index (χ3n) is 3.24. The molecule has 0 spiro atoms. The van der Waals surface area contributed by atoms with Crippen molar-refractivity contribution in [1.82, 2.24) is 5.32 Å². The Bertz CT molecular complexity index is 614. The highest BCUT2D eigenvalue weighted by Gasteiger charge is 2.19. The van der Waals surface area contributed by atoms with E-state index >= 15 is 0 Å². The van der Waals surface area contributed by atoms with Crippen LogP contribution in [-0.4, -0.2) is 6.54 Å². The topological polar surface area (TPSA) is 12.0 Å². The first kappa shape index (κ1) is 16.0. The van der Waals surface area contributed by atoms with Gasteiger partial charge in [-0.1, -0.05) is 25.1 Å². The molecule has 2 aromatic rings. The number of hydrogen-bond acceptors (Lipinski definition) is 1. The molecule has 0 heterocycles. The molecule has 1 atom stereocenters. The van der Waals surface area contributed by atoms with Gasteiger partial charge in [0.2, 0.25) is 0 Å². The van der Waals surface area contributed by atoms with E-state index in [-0.39, 0.29) is 16.3 Å². The van der Waals surface area contributed by atoms with Crippen molar-refractivity contribution in [2.75, 3.05) is 6.54 Å². The van der Waals surface area contributed by atoms with Gasteiger partial charge in [0.25, 0.3) is 0 Å². The largest absolute Gasteiger partial charge is 0.310 e. The van der Waals surface area contributed by atoms with E-state index in [9.17, 15) is 13.2 Å². The SMILES string of the molecule is CCNC(Cc1ccc(F)cc1)c1ccc(F)c(F)c1Br. The molecule has 0 bridgehead atoms. The maximum Gasteiger partial charge on any atom is 0.173 e. The van der Waals surface area contributed by atoms with Crippen molar-refractivity contribution in [2.45, 2.75) is 19.4 Å². The zero-order valence-corrected chi connectivity index (χ0v) is 13.1. The van der Waals surface area contributed by atoms with Crippen LogP contribution in [0.5, 0.6) is 0 Å². The number of nitrogens with one attached hydrogen (secondary N) is 1. The van der Waals surface area contributed by atoms with Crippen LogP contribution in [0.15, 0.2) is 40.9 Å². The minimum absolute atomic E-state index is 0.121. The van der Waals surface area contributed by atoms with Gasteiger partial charge < -0.3 is 5.32 Å². The standard InChI is InChI=1S/C16H15BrF3N/c1-2-21-14(9-10-3-5-11(18)6-4-10)12-7-8-13(19)16(20)15(12)17/h3-8,14,21H,2,9H2,1H3. The normalized spacial score (nSPS) is 12.4. The van der Waals surface area contributed by atoms with Crippen molar-refractivity contribution in [3.8, 4) is 0 Å². The Morgan fingerprint density at radius 3 is 2.33 bits per heavy atom. The molecule has 5 heteroatoms. The first-order chi connectivity index (χ1) is 10.0. The van der Waals surface area contributed by atoms with Crippen molar-refractivity contribution < 1.29 is 13.2 Å². The van der Waals surface area contributed by atoms with E-state index in [0.29, 0.717) is 18.5 Å². The van der Waals surface area contributed by atoms with E-state index in [4.69, 9.17) is 0 Å². The summed E-state index contributed by atoms with van der Waals surface area (Å²) in [4.78, 5) is 0. The van der Waals surface area contributed by atoms with Gasteiger partial charge in [0.05, 0.1) is 4.47 Å². The highest BCUT2D eigenvalue weighted by atomic mass is 79.9. The van der Waals surface area contributed by atoms with Crippen molar-refractivity contribution in [2.24, 2.45) is 0 Å². The first-order valence-corrected chi connectivity index (χ1v) is 7.43. The van der Waals surface area contributed by atoms with Crippen LogP contribution in [-0.2, 0) is 6.42 Å². The van der Waals surface area contributed by atoms with E-state index in [1.165, 1.54) is 12.1 Å². The van der Waals surface area contributed by atoms with Crippen molar-refractivity contribution in [1.29, 1.82) is 0 Å². The fourth-order valence-corrected chi connectivity index (χ4v) is 2.80. The molecule has 1 N–H and O–H groups in total. The summed E-state index contributed by atoms with van der Waals surface area (Å²) in [6.07, 6.45) is 0.553. The van der Waals surface area contributed by atoms with Crippen LogP contribution in [0.2, 0.25) is 0 Å². The van der Waals surface area contributed by atoms with E-state index in [2.05, 4.69) is 21.2 Å². The molecular formula is C16H15BrF3N. The molecule has 0 aliphatic carbocycles. The second kappa shape index (κ2) is 7.09. The van der Waals surface area contributed by atoms with Crippen LogP contribution in [0.1, 0.15) is 24.1 Å². The lowest BCUT2D eigenvalue weighted by Crippen LogP contribution is -2.23. The lowest BCUT2D eigenvalue weighted by Gasteiger charge is -2.20. The molecule has 0 aliphatic heterocycles. The molecule has 0 aliphatic rings. The highest BCUT2D eigenvalue weighted by molar-refractivity contribution is 9.10. The molecule has 0 radical (unpaired) electrons. The van der Waals surface area contributed by atoms with E-state index in [0.717, 1.165) is 11.6 Å². The smallest absolute Gasteiger partial charge is 0.173 e. The summed E-state index contributed by atoms with van der Waals surface area (Å²) >= 11 is 3.11. The van der Waals surface area contributed by atoms with Gasteiger partial charge >= 0.3 is 0 Å². The number of hydrogen-bond donors (Lipinski definition) is 1. The maximum atomic E-state index is 13.7. The molecule has 0 amide bonds. The van der Waals surface area contributed by atoms with E-state index in [1.807, 2.05) is 6.92 Å². The summed E-state index contributed by atoms with van der Waals surface area (Å²) in [7, 11) is 0. The maximum absolute atomic E-state index is 13.7. The Kier molecular flexibility index (Phi) is 5.42. The van der Waals surface area contributed by atoms with Gasteiger partial charge in [-0.2, -0.15) is 0 Å². The molecule has 1 unspecified atom stereocenters. The summed E-state index contributed by atoms with van der Waals surface area (Å²) in [5.74, 6) is -2.08. The second-order valence-electron chi connectivity index (χ2n) is 4.71. The van der Waals surface area contributed by atoms with Crippen molar-refractivity contribution in [3.05, 3.63) is 69.4 Å². The third-order valence-corrected chi connectivity index (χ3v) is 4.05. The zero-order valence-electron chi connectivity index (χ0n) is 11.5. The molecule has 112 valence electrons. The minimum atomic E-state index is -0.894. The Morgan fingerprint density at radius 2 is 1.71 bits per heavy atom. The lowest BCUT2D eigenvalue weighted by atomic mass is 9.98. The van der Waals surface area contributed by atoms with E-state index in [1.54, 1.807) is 18.2 Å². The summed E-state index contributed by atoms with van der Waals surface area (Å²) in [5.41, 5.74) is 1.55. The first-order valence-electron chi connectivity index (χ1n) is 6.64. The molecule has 0 saturated heterocycles. The van der Waals surface area contributed by atoms with Crippen molar-refractivity contribution in [3.63, 3.8) is 0 Å². The molecule has 1 nitrogen and oxygen atoms in total. The molecule has 2 rings (SSSR count). The van der Waals surface area contributed by atoms with Crippen LogP contribution in [0.4, 0.5) is 13.2 Å². The number of likely N-dealkylation sites (N-methyl/N-ethyl adjacent to an activating group) is 1. The molecule has 0 saturated carbocycles. The average Bonchev–Trinajstić information content (AvgIpc) is 2.47. The minimum Gasteiger partial charge on any atom is -0.310 e. The van der Waals surface area contributed by atoms with Gasteiger partial charge in [-0.3, -0.25) is 0 Å². The summed E-state index contributed by atoms with van der Waals surface area (Å²) < 4.78 is 40.0. The predicted molar refractivity (Wildman–Crippen MR) is 80.6 cm³/mol. The third kappa shape index (κ3) is 3.86. The average molecular weight is 358 g/mol. The number of halogens is 4. The van der Waals surface area contributed by atoms with Gasteiger partial charge in [-0.05, 0) is 58.2 Å². The quantitative estimate of drug-likeness (QED) is 0.760. The van der Waals surface area contributed by atoms with Crippen LogP contribution >= 0.6 is 15.9 Å². The van der Waals surface area contributed by atoms with Crippen LogP contribution in [0.3, 0.4) is 0 Å². The summed E-state index contributed by atoms with van der Waals surface area (Å²) in [5, 5.41) is 3.24. The summed E-state index contributed by atoms with van der Waals surface area (Å²) in [6.45, 7) is 2.61. The lowest BCUT2D eigenvalue weighted by molar-refractivity contribution is 0.491. The molecule has 0 fully saturated rings. The molecule has 2 aromatic carbocycles. The molecule has 0 aromatic heterocycles. The summed E-state index contributed by atoms with van der Waals surface area (Å²) in [6, 6.07) is 8.63. The number of benzene rings is 2. The predicted octanol–water partition coefficient (Wildman–Crippen LogP) is 4.76. The van der Waals surface area contributed by atoms with Crippen molar-refractivity contribution >= 4 is 15.9 Å². The van der Waals surface area contributed by atoms with Gasteiger partial charge in [-0.25, -0.2) is 13.2 Å². The van der Waals surface area contributed by atoms with Crippen LogP contribution in [0.25, 0.3) is 0 Å². The Morgan fingerprint density at radius 1 is 1.05 bits per heavy atom. The molecule has 21 heavy (non-hydrogen) atoms. The fourth-order valence-electron chi connectivity index (χ4n) is 2.20. The van der Waals surface area contributed by atoms with Gasteiger partial charge in [-0.15, -0.1) is 0 Å². The zero-order chi connectivity index (χ0) is 15.4. The fraction of sp³-hybridized carbons (Fsp3) is 0.250. The second-order valence-corrected chi connectivity index (χ2v) is 5.50. The number of rotatable bonds is 5. The van der Waals surface area contributed by atoms with Gasteiger partial charge in [0.15, 0.2) is 11.6 Å².